The zero-order valence-electron chi connectivity index (χ0n) is 15.1. The van der Waals surface area contributed by atoms with Crippen molar-refractivity contribution in [3.8, 4) is 0 Å². The Balaban J connectivity index is 1.77. The average molecular weight is 364 g/mol. The molecular formula is C20H20N4O3. The number of nitrogens with one attached hydrogen (secondary N) is 4. The van der Waals surface area contributed by atoms with Crippen molar-refractivity contribution in [2.24, 2.45) is 0 Å². The number of amides is 3. The first kappa shape index (κ1) is 18.2. The molecule has 0 saturated carbocycles. The van der Waals surface area contributed by atoms with E-state index in [1.54, 1.807) is 18.2 Å². The molecule has 0 spiro atoms. The SMILES string of the molecule is CC(=O)Nc1cc(NC(C)=O)cc(C(=O)NCc2cc3ccccc3[nH]2)c1. The first-order valence-corrected chi connectivity index (χ1v) is 8.46. The van der Waals surface area contributed by atoms with Crippen molar-refractivity contribution in [2.75, 3.05) is 10.6 Å². The molecule has 0 aliphatic rings. The molecule has 0 radical (unpaired) electrons. The highest BCUT2D eigenvalue weighted by molar-refractivity contribution is 6.00. The number of rotatable bonds is 5. The summed E-state index contributed by atoms with van der Waals surface area (Å²) >= 11 is 0. The van der Waals surface area contributed by atoms with Crippen LogP contribution in [0.4, 0.5) is 11.4 Å². The lowest BCUT2D eigenvalue weighted by Crippen LogP contribution is -2.23. The van der Waals surface area contributed by atoms with Gasteiger partial charge >= 0.3 is 0 Å². The summed E-state index contributed by atoms with van der Waals surface area (Å²) in [5, 5.41) is 9.17. The molecule has 7 heteroatoms. The molecule has 138 valence electrons. The molecular weight excluding hydrogens is 344 g/mol. The number of para-hydroxylation sites is 1. The van der Waals surface area contributed by atoms with E-state index in [-0.39, 0.29) is 17.7 Å². The van der Waals surface area contributed by atoms with Crippen LogP contribution in [-0.4, -0.2) is 22.7 Å². The Hall–Kier alpha value is -3.61. The van der Waals surface area contributed by atoms with Gasteiger partial charge in [0.25, 0.3) is 5.91 Å². The number of carbonyl (C=O) groups excluding carboxylic acids is 3. The molecule has 0 saturated heterocycles. The summed E-state index contributed by atoms with van der Waals surface area (Å²) in [5.41, 5.74) is 3.09. The Morgan fingerprint density at radius 1 is 0.889 bits per heavy atom. The topological polar surface area (TPSA) is 103 Å². The molecule has 0 aliphatic heterocycles. The quantitative estimate of drug-likeness (QED) is 0.559. The fraction of sp³-hybridized carbons (Fsp3) is 0.150. The number of anilines is 2. The van der Waals surface area contributed by atoms with Crippen LogP contribution in [0.15, 0.2) is 48.5 Å². The van der Waals surface area contributed by atoms with Crippen molar-refractivity contribution in [1.29, 1.82) is 0 Å². The maximum Gasteiger partial charge on any atom is 0.251 e. The van der Waals surface area contributed by atoms with E-state index in [4.69, 9.17) is 0 Å². The van der Waals surface area contributed by atoms with Crippen molar-refractivity contribution in [3.63, 3.8) is 0 Å². The number of hydrogen-bond acceptors (Lipinski definition) is 3. The molecule has 3 aromatic rings. The second-order valence-electron chi connectivity index (χ2n) is 6.23. The Morgan fingerprint density at radius 3 is 2.11 bits per heavy atom. The van der Waals surface area contributed by atoms with Crippen molar-refractivity contribution >= 4 is 40.0 Å². The van der Waals surface area contributed by atoms with Gasteiger partial charge in [-0.25, -0.2) is 0 Å². The summed E-state index contributed by atoms with van der Waals surface area (Å²) in [4.78, 5) is 38.4. The van der Waals surface area contributed by atoms with Crippen LogP contribution in [0.2, 0.25) is 0 Å². The van der Waals surface area contributed by atoms with Crippen molar-refractivity contribution in [2.45, 2.75) is 20.4 Å². The van der Waals surface area contributed by atoms with Crippen LogP contribution in [0.1, 0.15) is 29.9 Å². The van der Waals surface area contributed by atoms with Crippen LogP contribution in [-0.2, 0) is 16.1 Å². The first-order valence-electron chi connectivity index (χ1n) is 8.46. The monoisotopic (exact) mass is 364 g/mol. The predicted molar refractivity (Wildman–Crippen MR) is 105 cm³/mol. The third-order valence-electron chi connectivity index (χ3n) is 3.86. The average Bonchev–Trinajstić information content (AvgIpc) is 3.01. The van der Waals surface area contributed by atoms with Gasteiger partial charge in [-0.3, -0.25) is 14.4 Å². The largest absolute Gasteiger partial charge is 0.357 e. The summed E-state index contributed by atoms with van der Waals surface area (Å²) < 4.78 is 0. The minimum Gasteiger partial charge on any atom is -0.357 e. The molecule has 0 unspecified atom stereocenters. The zero-order valence-corrected chi connectivity index (χ0v) is 15.1. The Bertz CT molecular complexity index is 956. The highest BCUT2D eigenvalue weighted by Crippen LogP contribution is 2.20. The molecule has 3 amide bonds. The molecule has 1 heterocycles. The van der Waals surface area contributed by atoms with E-state index in [0.29, 0.717) is 23.5 Å². The smallest absolute Gasteiger partial charge is 0.251 e. The van der Waals surface area contributed by atoms with Crippen LogP contribution in [0.5, 0.6) is 0 Å². The van der Waals surface area contributed by atoms with Gasteiger partial charge in [-0.15, -0.1) is 0 Å². The van der Waals surface area contributed by atoms with Gasteiger partial charge in [0.05, 0.1) is 6.54 Å². The van der Waals surface area contributed by atoms with Crippen LogP contribution in [0.25, 0.3) is 10.9 Å². The summed E-state index contributed by atoms with van der Waals surface area (Å²) in [5.74, 6) is -0.841. The number of aromatic amines is 1. The number of carbonyl (C=O) groups is 3. The van der Waals surface area contributed by atoms with E-state index in [1.165, 1.54) is 13.8 Å². The number of hydrogen-bond donors (Lipinski definition) is 4. The van der Waals surface area contributed by atoms with E-state index in [0.717, 1.165) is 16.6 Å². The maximum atomic E-state index is 12.6. The zero-order chi connectivity index (χ0) is 19.4. The molecule has 27 heavy (non-hydrogen) atoms. The molecule has 2 aromatic carbocycles. The Kier molecular flexibility index (Phi) is 5.21. The van der Waals surface area contributed by atoms with Crippen LogP contribution < -0.4 is 16.0 Å². The second-order valence-corrected chi connectivity index (χ2v) is 6.23. The van der Waals surface area contributed by atoms with E-state index >= 15 is 0 Å². The number of aromatic nitrogens is 1. The van der Waals surface area contributed by atoms with Crippen LogP contribution >= 0.6 is 0 Å². The van der Waals surface area contributed by atoms with Gasteiger partial charge in [-0.2, -0.15) is 0 Å². The third-order valence-corrected chi connectivity index (χ3v) is 3.86. The van der Waals surface area contributed by atoms with Crippen molar-refractivity contribution in [1.82, 2.24) is 10.3 Å². The van der Waals surface area contributed by atoms with Gasteiger partial charge in [-0.1, -0.05) is 18.2 Å². The highest BCUT2D eigenvalue weighted by Gasteiger charge is 2.11. The van der Waals surface area contributed by atoms with Crippen LogP contribution in [0, 0.1) is 0 Å². The van der Waals surface area contributed by atoms with Gasteiger partial charge in [0.15, 0.2) is 0 Å². The number of H-pyrrole nitrogens is 1. The lowest BCUT2D eigenvalue weighted by molar-refractivity contribution is -0.115. The molecule has 0 fully saturated rings. The standard InChI is InChI=1S/C20H20N4O3/c1-12(25)22-16-8-15(9-17(10-16)23-13(2)26)20(27)21-11-18-7-14-5-3-4-6-19(14)24-18/h3-10,24H,11H2,1-2H3,(H,21,27)(H,22,25)(H,23,26). The van der Waals surface area contributed by atoms with E-state index < -0.39 is 0 Å². The van der Waals surface area contributed by atoms with Gasteiger partial charge in [-0.05, 0) is 35.7 Å². The molecule has 0 atom stereocenters. The second kappa shape index (κ2) is 7.74. The van der Waals surface area contributed by atoms with Crippen molar-refractivity contribution < 1.29 is 14.4 Å². The third kappa shape index (κ3) is 4.72. The normalized spacial score (nSPS) is 10.4. The summed E-state index contributed by atoms with van der Waals surface area (Å²) in [7, 11) is 0. The predicted octanol–water partition coefficient (Wildman–Crippen LogP) is 3.01. The van der Waals surface area contributed by atoms with Crippen molar-refractivity contribution in [3.05, 3.63) is 59.8 Å². The fourth-order valence-corrected chi connectivity index (χ4v) is 2.82. The summed E-state index contributed by atoms with van der Waals surface area (Å²) in [6.07, 6.45) is 0. The molecule has 3 rings (SSSR count). The summed E-state index contributed by atoms with van der Waals surface area (Å²) in [6, 6.07) is 14.6. The number of benzene rings is 2. The molecule has 7 nitrogen and oxygen atoms in total. The maximum absolute atomic E-state index is 12.6. The highest BCUT2D eigenvalue weighted by atomic mass is 16.2. The fourth-order valence-electron chi connectivity index (χ4n) is 2.82. The Morgan fingerprint density at radius 2 is 1.52 bits per heavy atom. The van der Waals surface area contributed by atoms with Gasteiger partial charge < -0.3 is 20.9 Å². The molecule has 4 N–H and O–H groups in total. The summed E-state index contributed by atoms with van der Waals surface area (Å²) in [6.45, 7) is 3.08. The van der Waals surface area contributed by atoms with Gasteiger partial charge in [0, 0.05) is 42.0 Å². The van der Waals surface area contributed by atoms with Crippen LogP contribution in [0.3, 0.4) is 0 Å². The molecule has 0 bridgehead atoms. The minimum absolute atomic E-state index is 0.264. The number of fused-ring (bicyclic) bond motifs is 1. The van der Waals surface area contributed by atoms with Gasteiger partial charge in [0.2, 0.25) is 11.8 Å². The molecule has 1 aromatic heterocycles. The Labute approximate surface area is 156 Å². The minimum atomic E-state index is -0.313. The lowest BCUT2D eigenvalue weighted by atomic mass is 10.1. The lowest BCUT2D eigenvalue weighted by Gasteiger charge is -2.11. The first-order chi connectivity index (χ1) is 12.9. The van der Waals surface area contributed by atoms with E-state index in [2.05, 4.69) is 20.9 Å². The van der Waals surface area contributed by atoms with Gasteiger partial charge in [0.1, 0.15) is 0 Å². The van der Waals surface area contributed by atoms with E-state index in [1.807, 2.05) is 30.3 Å². The molecule has 0 aliphatic carbocycles. The van der Waals surface area contributed by atoms with E-state index in [9.17, 15) is 14.4 Å².